The van der Waals surface area contributed by atoms with Crippen molar-refractivity contribution in [1.82, 2.24) is 4.90 Å². The van der Waals surface area contributed by atoms with Gasteiger partial charge in [0.1, 0.15) is 0 Å². The van der Waals surface area contributed by atoms with Crippen LogP contribution in [0.25, 0.3) is 0 Å². The molecule has 1 heterocycles. The lowest BCUT2D eigenvalue weighted by molar-refractivity contribution is 0.0730. The summed E-state index contributed by atoms with van der Waals surface area (Å²) in [5.41, 5.74) is 6.75. The zero-order chi connectivity index (χ0) is 14.4. The number of amides is 1. The summed E-state index contributed by atoms with van der Waals surface area (Å²) in [5, 5.41) is 0.212. The van der Waals surface area contributed by atoms with Crippen LogP contribution in [0.3, 0.4) is 0 Å². The number of nitrogens with zero attached hydrogens (tertiary/aromatic N) is 1. The van der Waals surface area contributed by atoms with Crippen LogP contribution < -0.4 is 5.73 Å². The van der Waals surface area contributed by atoms with Gasteiger partial charge in [-0.15, -0.1) is 0 Å². The molecule has 0 fully saturated rings. The Kier molecular flexibility index (Phi) is 5.21. The zero-order valence-electron chi connectivity index (χ0n) is 11.1. The van der Waals surface area contributed by atoms with E-state index in [1.165, 1.54) is 5.56 Å². The number of carbonyl (C=O) groups excluding carboxylic acids is 1. The highest BCUT2D eigenvalue weighted by Crippen LogP contribution is 2.15. The molecular weight excluding hydrogens is 276 g/mol. The Morgan fingerprint density at radius 1 is 1.15 bits per heavy atom. The molecule has 0 saturated heterocycles. The standard InChI is InChI=1S/C15H17ClN2O2/c16-14-7-6-13(20-14)15(19)18(11-9-17)10-8-12-4-2-1-3-5-12/h1-7H,8-11,17H2. The second kappa shape index (κ2) is 7.12. The topological polar surface area (TPSA) is 59.5 Å². The summed E-state index contributed by atoms with van der Waals surface area (Å²) in [7, 11) is 0. The van der Waals surface area contributed by atoms with Gasteiger partial charge in [-0.2, -0.15) is 0 Å². The largest absolute Gasteiger partial charge is 0.440 e. The van der Waals surface area contributed by atoms with Crippen LogP contribution in [0.5, 0.6) is 0 Å². The Balaban J connectivity index is 2.01. The number of halogens is 1. The first-order chi connectivity index (χ1) is 9.70. The quantitative estimate of drug-likeness (QED) is 0.890. The lowest BCUT2D eigenvalue weighted by atomic mass is 10.1. The molecule has 20 heavy (non-hydrogen) atoms. The molecule has 4 nitrogen and oxygen atoms in total. The maximum atomic E-state index is 12.3. The summed E-state index contributed by atoms with van der Waals surface area (Å²) in [6.45, 7) is 1.50. The van der Waals surface area contributed by atoms with Gasteiger partial charge in [-0.05, 0) is 35.7 Å². The highest BCUT2D eigenvalue weighted by molar-refractivity contribution is 6.29. The molecule has 0 radical (unpaired) electrons. The van der Waals surface area contributed by atoms with Gasteiger partial charge in [0.15, 0.2) is 11.0 Å². The van der Waals surface area contributed by atoms with Crippen LogP contribution in [-0.4, -0.2) is 30.4 Å². The molecule has 0 aliphatic heterocycles. The molecule has 0 aliphatic carbocycles. The van der Waals surface area contributed by atoms with Gasteiger partial charge >= 0.3 is 0 Å². The van der Waals surface area contributed by atoms with Gasteiger partial charge < -0.3 is 15.1 Å². The summed E-state index contributed by atoms with van der Waals surface area (Å²) in [6, 6.07) is 13.2. The van der Waals surface area contributed by atoms with Crippen molar-refractivity contribution in [3.05, 3.63) is 59.0 Å². The van der Waals surface area contributed by atoms with E-state index in [9.17, 15) is 4.79 Å². The first-order valence-corrected chi connectivity index (χ1v) is 6.87. The summed E-state index contributed by atoms with van der Waals surface area (Å²) in [4.78, 5) is 14.0. The second-order valence-electron chi connectivity index (χ2n) is 4.42. The minimum Gasteiger partial charge on any atom is -0.440 e. The molecule has 0 aliphatic rings. The van der Waals surface area contributed by atoms with E-state index in [1.54, 1.807) is 17.0 Å². The van der Waals surface area contributed by atoms with Gasteiger partial charge in [-0.3, -0.25) is 4.79 Å². The van der Waals surface area contributed by atoms with E-state index < -0.39 is 0 Å². The number of nitrogens with two attached hydrogens (primary N) is 1. The smallest absolute Gasteiger partial charge is 0.289 e. The molecule has 2 rings (SSSR count). The monoisotopic (exact) mass is 292 g/mol. The Bertz CT molecular complexity index is 554. The Labute approximate surface area is 123 Å². The van der Waals surface area contributed by atoms with Gasteiger partial charge in [0.2, 0.25) is 0 Å². The molecule has 0 saturated carbocycles. The highest BCUT2D eigenvalue weighted by Gasteiger charge is 2.18. The van der Waals surface area contributed by atoms with Crippen molar-refractivity contribution in [3.8, 4) is 0 Å². The fourth-order valence-corrected chi connectivity index (χ4v) is 2.11. The maximum Gasteiger partial charge on any atom is 0.289 e. The van der Waals surface area contributed by atoms with Crippen LogP contribution in [0, 0.1) is 0 Å². The number of rotatable bonds is 6. The molecule has 1 aromatic carbocycles. The Hall–Kier alpha value is -1.78. The third-order valence-electron chi connectivity index (χ3n) is 2.98. The van der Waals surface area contributed by atoms with E-state index in [-0.39, 0.29) is 16.9 Å². The van der Waals surface area contributed by atoms with Crippen LogP contribution in [-0.2, 0) is 6.42 Å². The van der Waals surface area contributed by atoms with Crippen LogP contribution in [0.2, 0.25) is 5.22 Å². The zero-order valence-corrected chi connectivity index (χ0v) is 11.8. The number of benzene rings is 1. The molecule has 0 spiro atoms. The van der Waals surface area contributed by atoms with E-state index in [0.717, 1.165) is 6.42 Å². The molecule has 1 amide bonds. The third-order valence-corrected chi connectivity index (χ3v) is 3.19. The minimum atomic E-state index is -0.182. The molecule has 0 unspecified atom stereocenters. The molecule has 0 atom stereocenters. The molecule has 1 aromatic heterocycles. The van der Waals surface area contributed by atoms with Gasteiger partial charge in [0.25, 0.3) is 5.91 Å². The SMILES string of the molecule is NCCN(CCc1ccccc1)C(=O)c1ccc(Cl)o1. The highest BCUT2D eigenvalue weighted by atomic mass is 35.5. The van der Waals surface area contributed by atoms with E-state index in [4.69, 9.17) is 21.8 Å². The lowest BCUT2D eigenvalue weighted by Gasteiger charge is -2.20. The Morgan fingerprint density at radius 2 is 1.90 bits per heavy atom. The van der Waals surface area contributed by atoms with E-state index in [2.05, 4.69) is 0 Å². The number of hydrogen-bond acceptors (Lipinski definition) is 3. The molecule has 106 valence electrons. The van der Waals surface area contributed by atoms with E-state index in [1.807, 2.05) is 30.3 Å². The van der Waals surface area contributed by atoms with E-state index in [0.29, 0.717) is 19.6 Å². The van der Waals surface area contributed by atoms with Crippen LogP contribution >= 0.6 is 11.6 Å². The molecular formula is C15H17ClN2O2. The van der Waals surface area contributed by atoms with Crippen molar-refractivity contribution in [3.63, 3.8) is 0 Å². The first kappa shape index (κ1) is 14.6. The summed E-state index contributed by atoms with van der Waals surface area (Å²) >= 11 is 5.70. The normalized spacial score (nSPS) is 10.5. The van der Waals surface area contributed by atoms with Crippen molar-refractivity contribution in [2.75, 3.05) is 19.6 Å². The molecule has 5 heteroatoms. The lowest BCUT2D eigenvalue weighted by Crippen LogP contribution is -2.36. The van der Waals surface area contributed by atoms with Crippen molar-refractivity contribution in [2.24, 2.45) is 5.73 Å². The number of carbonyl (C=O) groups is 1. The van der Waals surface area contributed by atoms with Gasteiger partial charge in [-0.25, -0.2) is 0 Å². The number of furan rings is 1. The number of hydrogen-bond donors (Lipinski definition) is 1. The van der Waals surface area contributed by atoms with Crippen LogP contribution in [0.1, 0.15) is 16.1 Å². The average Bonchev–Trinajstić information content (AvgIpc) is 2.90. The van der Waals surface area contributed by atoms with Crippen molar-refractivity contribution >= 4 is 17.5 Å². The average molecular weight is 293 g/mol. The fraction of sp³-hybridized carbons (Fsp3) is 0.267. The molecule has 0 bridgehead atoms. The minimum absolute atomic E-state index is 0.182. The second-order valence-corrected chi connectivity index (χ2v) is 4.79. The van der Waals surface area contributed by atoms with Crippen molar-refractivity contribution in [1.29, 1.82) is 0 Å². The predicted octanol–water partition coefficient (Wildman–Crippen LogP) is 2.58. The van der Waals surface area contributed by atoms with E-state index >= 15 is 0 Å². The summed E-state index contributed by atoms with van der Waals surface area (Å²) in [6.07, 6.45) is 0.779. The Morgan fingerprint density at radius 3 is 2.50 bits per heavy atom. The summed E-state index contributed by atoms with van der Waals surface area (Å²) < 4.78 is 5.16. The van der Waals surface area contributed by atoms with Crippen molar-refractivity contribution in [2.45, 2.75) is 6.42 Å². The van der Waals surface area contributed by atoms with Gasteiger partial charge in [0, 0.05) is 19.6 Å². The van der Waals surface area contributed by atoms with Crippen LogP contribution in [0.4, 0.5) is 0 Å². The van der Waals surface area contributed by atoms with Gasteiger partial charge in [-0.1, -0.05) is 30.3 Å². The first-order valence-electron chi connectivity index (χ1n) is 6.49. The third kappa shape index (κ3) is 3.85. The predicted molar refractivity (Wildman–Crippen MR) is 78.8 cm³/mol. The van der Waals surface area contributed by atoms with Crippen molar-refractivity contribution < 1.29 is 9.21 Å². The van der Waals surface area contributed by atoms with Gasteiger partial charge in [0.05, 0.1) is 0 Å². The molecule has 2 aromatic rings. The fourth-order valence-electron chi connectivity index (χ4n) is 1.96. The maximum absolute atomic E-state index is 12.3. The molecule has 2 N–H and O–H groups in total. The van der Waals surface area contributed by atoms with Crippen LogP contribution in [0.15, 0.2) is 46.9 Å². The summed E-state index contributed by atoms with van der Waals surface area (Å²) in [5.74, 6) is 0.0646.